The predicted octanol–water partition coefficient (Wildman–Crippen LogP) is 3.33. The Labute approximate surface area is 127 Å². The maximum Gasteiger partial charge on any atom is 0.128 e. The Hall–Kier alpha value is -1.26. The molecule has 0 aliphatic heterocycles. The molecule has 1 fully saturated rings. The second-order valence-corrected chi connectivity index (χ2v) is 5.65. The largest absolute Gasteiger partial charge is 0.497 e. The van der Waals surface area contributed by atoms with Crippen LogP contribution < -0.4 is 9.47 Å². The van der Waals surface area contributed by atoms with Gasteiger partial charge in [0.05, 0.1) is 20.3 Å². The van der Waals surface area contributed by atoms with Crippen LogP contribution in [0.1, 0.15) is 43.8 Å². The standard InChI is InChI=1S/C17H26O4/c1-19-13-9-10-14(15(11-13)20-2)16(18)17(21-3)12-7-5-4-6-8-12/h9-12,16-18H,4-8H2,1-3H3. The number of hydrogen-bond donors (Lipinski definition) is 1. The van der Waals surface area contributed by atoms with E-state index in [-0.39, 0.29) is 6.10 Å². The van der Waals surface area contributed by atoms with Gasteiger partial charge in [-0.3, -0.25) is 0 Å². The van der Waals surface area contributed by atoms with Gasteiger partial charge in [-0.05, 0) is 30.9 Å². The van der Waals surface area contributed by atoms with Crippen molar-refractivity contribution in [2.45, 2.75) is 44.3 Å². The van der Waals surface area contributed by atoms with Gasteiger partial charge in [0.25, 0.3) is 0 Å². The van der Waals surface area contributed by atoms with Crippen LogP contribution >= 0.6 is 0 Å². The zero-order valence-corrected chi connectivity index (χ0v) is 13.2. The molecule has 21 heavy (non-hydrogen) atoms. The third kappa shape index (κ3) is 3.69. The molecule has 1 N–H and O–H groups in total. The first-order valence-electron chi connectivity index (χ1n) is 7.64. The Balaban J connectivity index is 2.21. The van der Waals surface area contributed by atoms with E-state index in [4.69, 9.17) is 14.2 Å². The zero-order chi connectivity index (χ0) is 15.2. The van der Waals surface area contributed by atoms with Crippen LogP contribution in [-0.4, -0.2) is 32.5 Å². The number of rotatable bonds is 6. The highest BCUT2D eigenvalue weighted by molar-refractivity contribution is 5.42. The van der Waals surface area contributed by atoms with Gasteiger partial charge in [0.1, 0.15) is 17.6 Å². The highest BCUT2D eigenvalue weighted by Gasteiger charge is 2.32. The minimum absolute atomic E-state index is 0.187. The summed E-state index contributed by atoms with van der Waals surface area (Å²) in [4.78, 5) is 0. The van der Waals surface area contributed by atoms with Gasteiger partial charge in [-0.15, -0.1) is 0 Å². The van der Waals surface area contributed by atoms with Gasteiger partial charge < -0.3 is 19.3 Å². The summed E-state index contributed by atoms with van der Waals surface area (Å²) < 4.78 is 16.2. The summed E-state index contributed by atoms with van der Waals surface area (Å²) in [6, 6.07) is 5.50. The summed E-state index contributed by atoms with van der Waals surface area (Å²) in [5.41, 5.74) is 0.760. The van der Waals surface area contributed by atoms with Gasteiger partial charge in [0.15, 0.2) is 0 Å². The molecule has 1 aliphatic carbocycles. The molecule has 0 heterocycles. The lowest BCUT2D eigenvalue weighted by molar-refractivity contribution is -0.0566. The highest BCUT2D eigenvalue weighted by atomic mass is 16.5. The summed E-state index contributed by atoms with van der Waals surface area (Å²) in [7, 11) is 4.90. The second-order valence-electron chi connectivity index (χ2n) is 5.65. The quantitative estimate of drug-likeness (QED) is 0.874. The predicted molar refractivity (Wildman–Crippen MR) is 81.9 cm³/mol. The second kappa shape index (κ2) is 7.66. The van der Waals surface area contributed by atoms with E-state index in [0.717, 1.165) is 24.2 Å². The Kier molecular flexibility index (Phi) is 5.88. The van der Waals surface area contributed by atoms with E-state index in [1.807, 2.05) is 12.1 Å². The molecule has 1 aliphatic rings. The smallest absolute Gasteiger partial charge is 0.128 e. The van der Waals surface area contributed by atoms with E-state index >= 15 is 0 Å². The lowest BCUT2D eigenvalue weighted by Gasteiger charge is -2.33. The SMILES string of the molecule is COc1ccc(C(O)C(OC)C2CCCCC2)c(OC)c1. The molecule has 0 radical (unpaired) electrons. The van der Waals surface area contributed by atoms with Crippen molar-refractivity contribution >= 4 is 0 Å². The number of aliphatic hydroxyl groups is 1. The Morgan fingerprint density at radius 1 is 1.05 bits per heavy atom. The van der Waals surface area contributed by atoms with Crippen LogP contribution in [0.2, 0.25) is 0 Å². The number of benzene rings is 1. The van der Waals surface area contributed by atoms with Gasteiger partial charge >= 0.3 is 0 Å². The molecule has 1 aromatic carbocycles. The number of hydrogen-bond acceptors (Lipinski definition) is 4. The first-order valence-corrected chi connectivity index (χ1v) is 7.64. The summed E-state index contributed by atoms with van der Waals surface area (Å²) in [6.45, 7) is 0. The van der Waals surface area contributed by atoms with Gasteiger partial charge in [0.2, 0.25) is 0 Å². The summed E-state index contributed by atoms with van der Waals surface area (Å²) in [6.07, 6.45) is 5.09. The number of ether oxygens (including phenoxy) is 3. The molecule has 1 saturated carbocycles. The molecule has 2 rings (SSSR count). The highest BCUT2D eigenvalue weighted by Crippen LogP contribution is 2.38. The van der Waals surface area contributed by atoms with E-state index in [0.29, 0.717) is 11.7 Å². The average Bonchev–Trinajstić information content (AvgIpc) is 2.55. The molecule has 4 nitrogen and oxygen atoms in total. The van der Waals surface area contributed by atoms with Crippen LogP contribution in [0.3, 0.4) is 0 Å². The van der Waals surface area contributed by atoms with E-state index in [2.05, 4.69) is 0 Å². The molecule has 2 atom stereocenters. The topological polar surface area (TPSA) is 47.9 Å². The molecule has 0 spiro atoms. The monoisotopic (exact) mass is 294 g/mol. The number of aliphatic hydroxyl groups excluding tert-OH is 1. The molecule has 0 aromatic heterocycles. The normalized spacial score (nSPS) is 19.0. The van der Waals surface area contributed by atoms with Gasteiger partial charge in [0, 0.05) is 18.7 Å². The fourth-order valence-corrected chi connectivity index (χ4v) is 3.28. The molecular weight excluding hydrogens is 268 g/mol. The van der Waals surface area contributed by atoms with Gasteiger partial charge in [-0.2, -0.15) is 0 Å². The molecule has 118 valence electrons. The third-order valence-electron chi connectivity index (χ3n) is 4.46. The van der Waals surface area contributed by atoms with E-state index < -0.39 is 6.10 Å². The molecular formula is C17H26O4. The zero-order valence-electron chi connectivity index (χ0n) is 13.2. The number of methoxy groups -OCH3 is 3. The fraction of sp³-hybridized carbons (Fsp3) is 0.647. The van der Waals surface area contributed by atoms with Gasteiger partial charge in [-0.25, -0.2) is 0 Å². The van der Waals surface area contributed by atoms with Crippen molar-refractivity contribution < 1.29 is 19.3 Å². The maximum absolute atomic E-state index is 10.8. The Bertz CT molecular complexity index is 440. The Morgan fingerprint density at radius 2 is 1.76 bits per heavy atom. The Morgan fingerprint density at radius 3 is 2.33 bits per heavy atom. The van der Waals surface area contributed by atoms with Crippen molar-refractivity contribution in [2.24, 2.45) is 5.92 Å². The van der Waals surface area contributed by atoms with E-state index in [9.17, 15) is 5.11 Å². The van der Waals surface area contributed by atoms with Crippen LogP contribution in [0, 0.1) is 5.92 Å². The fourth-order valence-electron chi connectivity index (χ4n) is 3.28. The van der Waals surface area contributed by atoms with Crippen molar-refractivity contribution in [3.05, 3.63) is 23.8 Å². The van der Waals surface area contributed by atoms with Crippen molar-refractivity contribution in [3.8, 4) is 11.5 Å². The van der Waals surface area contributed by atoms with Crippen molar-refractivity contribution in [2.75, 3.05) is 21.3 Å². The van der Waals surface area contributed by atoms with Crippen molar-refractivity contribution in [3.63, 3.8) is 0 Å². The summed E-state index contributed by atoms with van der Waals surface area (Å²) in [5, 5.41) is 10.8. The molecule has 2 unspecified atom stereocenters. The van der Waals surface area contributed by atoms with Crippen LogP contribution in [-0.2, 0) is 4.74 Å². The minimum atomic E-state index is -0.682. The van der Waals surface area contributed by atoms with Gasteiger partial charge in [-0.1, -0.05) is 19.3 Å². The lowest BCUT2D eigenvalue weighted by atomic mass is 9.81. The lowest BCUT2D eigenvalue weighted by Crippen LogP contribution is -2.31. The van der Waals surface area contributed by atoms with E-state index in [1.54, 1.807) is 27.4 Å². The molecule has 0 bridgehead atoms. The maximum atomic E-state index is 10.8. The molecule has 1 aromatic rings. The molecule has 4 heteroatoms. The third-order valence-corrected chi connectivity index (χ3v) is 4.46. The minimum Gasteiger partial charge on any atom is -0.497 e. The van der Waals surface area contributed by atoms with Crippen LogP contribution in [0.25, 0.3) is 0 Å². The average molecular weight is 294 g/mol. The van der Waals surface area contributed by atoms with Crippen LogP contribution in [0.4, 0.5) is 0 Å². The summed E-state index contributed by atoms with van der Waals surface area (Å²) in [5.74, 6) is 1.76. The molecule has 0 amide bonds. The van der Waals surface area contributed by atoms with Crippen LogP contribution in [0.5, 0.6) is 11.5 Å². The van der Waals surface area contributed by atoms with Crippen molar-refractivity contribution in [1.82, 2.24) is 0 Å². The summed E-state index contributed by atoms with van der Waals surface area (Å²) >= 11 is 0. The molecule has 0 saturated heterocycles. The van der Waals surface area contributed by atoms with Crippen molar-refractivity contribution in [1.29, 1.82) is 0 Å². The van der Waals surface area contributed by atoms with E-state index in [1.165, 1.54) is 19.3 Å². The first kappa shape index (κ1) is 16.1. The van der Waals surface area contributed by atoms with Crippen LogP contribution in [0.15, 0.2) is 18.2 Å². The first-order chi connectivity index (χ1) is 10.2.